The molecule has 5 rings (SSSR count). The van der Waals surface area contributed by atoms with Crippen LogP contribution < -0.4 is 0 Å². The van der Waals surface area contributed by atoms with E-state index in [9.17, 15) is 8.42 Å². The lowest BCUT2D eigenvalue weighted by Crippen LogP contribution is -2.35. The fourth-order valence-corrected chi connectivity index (χ4v) is 7.40. The highest BCUT2D eigenvalue weighted by Gasteiger charge is 2.34. The lowest BCUT2D eigenvalue weighted by atomic mass is 9.80. The van der Waals surface area contributed by atoms with Crippen LogP contribution in [0, 0.1) is 11.8 Å². The average Bonchev–Trinajstić information content (AvgIpc) is 3.44. The van der Waals surface area contributed by atoms with Crippen molar-refractivity contribution in [3.63, 3.8) is 0 Å². The molecule has 1 atom stereocenters. The first kappa shape index (κ1) is 20.8. The molecule has 166 valence electrons. The summed E-state index contributed by atoms with van der Waals surface area (Å²) in [5.41, 5.74) is 2.02. The zero-order valence-electron chi connectivity index (χ0n) is 18.0. The van der Waals surface area contributed by atoms with Crippen LogP contribution in [0.15, 0.2) is 30.7 Å². The first-order chi connectivity index (χ1) is 15.0. The van der Waals surface area contributed by atoms with E-state index in [1.165, 1.54) is 5.39 Å². The van der Waals surface area contributed by atoms with E-state index in [1.807, 2.05) is 24.7 Å². The molecule has 7 nitrogen and oxygen atoms in total. The second-order valence-corrected chi connectivity index (χ2v) is 11.1. The molecule has 1 saturated carbocycles. The monoisotopic (exact) mass is 442 g/mol. The molecular weight excluding hydrogens is 412 g/mol. The maximum absolute atomic E-state index is 13.0. The number of nitrogens with one attached hydrogen (secondary N) is 1. The zero-order chi connectivity index (χ0) is 21.4. The SMILES string of the molecule is COCC1CCN(S(=O)(=O)CC2CCC(c3nccc4cnc5[nH]ccc5c34)CC2)C1. The molecule has 1 unspecified atom stereocenters. The van der Waals surface area contributed by atoms with E-state index >= 15 is 0 Å². The Labute approximate surface area is 183 Å². The molecule has 0 aromatic carbocycles. The van der Waals surface area contributed by atoms with Crippen molar-refractivity contribution in [1.82, 2.24) is 19.3 Å². The first-order valence-corrected chi connectivity index (χ1v) is 12.8. The summed E-state index contributed by atoms with van der Waals surface area (Å²) in [6.07, 6.45) is 10.4. The van der Waals surface area contributed by atoms with Gasteiger partial charge in [-0.05, 0) is 56.1 Å². The quantitative estimate of drug-likeness (QED) is 0.629. The lowest BCUT2D eigenvalue weighted by Gasteiger charge is -2.30. The van der Waals surface area contributed by atoms with Gasteiger partial charge in [-0.15, -0.1) is 0 Å². The summed E-state index contributed by atoms with van der Waals surface area (Å²) >= 11 is 0. The van der Waals surface area contributed by atoms with Gasteiger partial charge in [0.2, 0.25) is 10.0 Å². The number of H-pyrrole nitrogens is 1. The van der Waals surface area contributed by atoms with Gasteiger partial charge in [0.05, 0.1) is 18.1 Å². The van der Waals surface area contributed by atoms with Crippen molar-refractivity contribution in [3.05, 3.63) is 36.4 Å². The second-order valence-electron chi connectivity index (χ2n) is 9.12. The molecule has 0 amide bonds. The van der Waals surface area contributed by atoms with Gasteiger partial charge >= 0.3 is 0 Å². The minimum atomic E-state index is -3.20. The number of hydrogen-bond donors (Lipinski definition) is 1. The summed E-state index contributed by atoms with van der Waals surface area (Å²) in [4.78, 5) is 12.5. The molecule has 1 aliphatic heterocycles. The fourth-order valence-electron chi connectivity index (χ4n) is 5.43. The smallest absolute Gasteiger partial charge is 0.214 e. The van der Waals surface area contributed by atoms with E-state index in [0.717, 1.165) is 54.2 Å². The minimum Gasteiger partial charge on any atom is -0.384 e. The van der Waals surface area contributed by atoms with Gasteiger partial charge in [-0.2, -0.15) is 0 Å². The van der Waals surface area contributed by atoms with Crippen molar-refractivity contribution < 1.29 is 13.2 Å². The summed E-state index contributed by atoms with van der Waals surface area (Å²) in [7, 11) is -1.52. The molecule has 2 aliphatic rings. The molecule has 1 N–H and O–H groups in total. The molecule has 0 spiro atoms. The molecular formula is C23H30N4O3S. The first-order valence-electron chi connectivity index (χ1n) is 11.2. The molecule has 1 aliphatic carbocycles. The van der Waals surface area contributed by atoms with Crippen LogP contribution in [0.4, 0.5) is 0 Å². The van der Waals surface area contributed by atoms with Gasteiger partial charge in [-0.3, -0.25) is 4.98 Å². The van der Waals surface area contributed by atoms with Crippen LogP contribution in [-0.4, -0.2) is 60.2 Å². The third-order valence-electron chi connectivity index (χ3n) is 7.06. The van der Waals surface area contributed by atoms with Gasteiger partial charge < -0.3 is 9.72 Å². The molecule has 4 heterocycles. The fraction of sp³-hybridized carbons (Fsp3) is 0.565. The lowest BCUT2D eigenvalue weighted by molar-refractivity contribution is 0.157. The molecule has 0 radical (unpaired) electrons. The number of rotatable bonds is 6. The standard InChI is InChI=1S/C23H30N4O3S/c1-30-14-17-8-11-27(13-17)31(28,29)15-16-2-4-18(5-3-16)22-21-19(6-9-24-22)12-26-23-20(21)7-10-25-23/h6-7,9-10,12,16-18H,2-5,8,11,13-15H2,1H3,(H,25,26). The van der Waals surface area contributed by atoms with Gasteiger partial charge in [0.15, 0.2) is 0 Å². The van der Waals surface area contributed by atoms with Crippen molar-refractivity contribution in [2.45, 2.75) is 38.0 Å². The molecule has 1 saturated heterocycles. The van der Waals surface area contributed by atoms with Gasteiger partial charge in [0.1, 0.15) is 5.65 Å². The molecule has 8 heteroatoms. The summed E-state index contributed by atoms with van der Waals surface area (Å²) in [6.45, 7) is 1.87. The molecule has 3 aromatic heterocycles. The number of pyridine rings is 2. The third-order valence-corrected chi connectivity index (χ3v) is 9.07. The highest BCUT2D eigenvalue weighted by Crippen LogP contribution is 2.40. The number of methoxy groups -OCH3 is 1. The summed E-state index contributed by atoms with van der Waals surface area (Å²) in [6, 6.07) is 4.09. The van der Waals surface area contributed by atoms with E-state index in [0.29, 0.717) is 31.5 Å². The third kappa shape index (κ3) is 4.08. The van der Waals surface area contributed by atoms with Crippen molar-refractivity contribution in [2.24, 2.45) is 11.8 Å². The predicted octanol–water partition coefficient (Wildman–Crippen LogP) is 3.68. The van der Waals surface area contributed by atoms with Crippen molar-refractivity contribution >= 4 is 31.8 Å². The van der Waals surface area contributed by atoms with E-state index < -0.39 is 10.0 Å². The highest BCUT2D eigenvalue weighted by atomic mass is 32.2. The molecule has 3 aromatic rings. The maximum atomic E-state index is 13.0. The predicted molar refractivity (Wildman–Crippen MR) is 121 cm³/mol. The summed E-state index contributed by atoms with van der Waals surface area (Å²) in [5, 5.41) is 3.41. The topological polar surface area (TPSA) is 88.2 Å². The Morgan fingerprint density at radius 1 is 1.13 bits per heavy atom. The van der Waals surface area contributed by atoms with Crippen LogP contribution >= 0.6 is 0 Å². The van der Waals surface area contributed by atoms with Gasteiger partial charge in [0, 0.05) is 60.9 Å². The number of ether oxygens (including phenoxy) is 1. The zero-order valence-corrected chi connectivity index (χ0v) is 18.8. The number of hydrogen-bond acceptors (Lipinski definition) is 5. The molecule has 2 fully saturated rings. The number of nitrogens with zero attached hydrogens (tertiary/aromatic N) is 3. The Morgan fingerprint density at radius 3 is 2.77 bits per heavy atom. The average molecular weight is 443 g/mol. The van der Waals surface area contributed by atoms with Gasteiger partial charge in [-0.1, -0.05) is 0 Å². The number of aromatic amines is 1. The van der Waals surface area contributed by atoms with E-state index in [2.05, 4.69) is 16.0 Å². The largest absolute Gasteiger partial charge is 0.384 e. The Hall–Kier alpha value is -2.03. The van der Waals surface area contributed by atoms with Crippen molar-refractivity contribution in [3.8, 4) is 0 Å². The Balaban J connectivity index is 1.28. The summed E-state index contributed by atoms with van der Waals surface area (Å²) < 4.78 is 32.8. The number of aromatic nitrogens is 3. The van der Waals surface area contributed by atoms with Crippen LogP contribution in [0.5, 0.6) is 0 Å². The van der Waals surface area contributed by atoms with E-state index in [4.69, 9.17) is 9.72 Å². The van der Waals surface area contributed by atoms with Gasteiger partial charge in [-0.25, -0.2) is 17.7 Å². The molecule has 31 heavy (non-hydrogen) atoms. The summed E-state index contributed by atoms with van der Waals surface area (Å²) in [5.74, 6) is 1.19. The Morgan fingerprint density at radius 2 is 1.97 bits per heavy atom. The van der Waals surface area contributed by atoms with Crippen LogP contribution in [0.25, 0.3) is 21.8 Å². The van der Waals surface area contributed by atoms with Crippen LogP contribution in [0.3, 0.4) is 0 Å². The van der Waals surface area contributed by atoms with Crippen LogP contribution in [0.2, 0.25) is 0 Å². The van der Waals surface area contributed by atoms with E-state index in [-0.39, 0.29) is 11.7 Å². The number of sulfonamides is 1. The van der Waals surface area contributed by atoms with Gasteiger partial charge in [0.25, 0.3) is 0 Å². The van der Waals surface area contributed by atoms with Crippen molar-refractivity contribution in [2.75, 3.05) is 32.6 Å². The highest BCUT2D eigenvalue weighted by molar-refractivity contribution is 7.89. The second kappa shape index (κ2) is 8.48. The van der Waals surface area contributed by atoms with Crippen LogP contribution in [0.1, 0.15) is 43.7 Å². The number of fused-ring (bicyclic) bond motifs is 3. The normalized spacial score (nSPS) is 25.5. The van der Waals surface area contributed by atoms with E-state index in [1.54, 1.807) is 11.4 Å². The maximum Gasteiger partial charge on any atom is 0.214 e. The Kier molecular flexibility index (Phi) is 5.71. The van der Waals surface area contributed by atoms with Crippen LogP contribution in [-0.2, 0) is 14.8 Å². The van der Waals surface area contributed by atoms with Crippen molar-refractivity contribution in [1.29, 1.82) is 0 Å². The minimum absolute atomic E-state index is 0.228. The Bertz CT molecular complexity index is 1170. The molecule has 0 bridgehead atoms.